The lowest BCUT2D eigenvalue weighted by Crippen LogP contribution is -2.29. The zero-order valence-corrected chi connectivity index (χ0v) is 17.6. The summed E-state index contributed by atoms with van der Waals surface area (Å²) in [6.45, 7) is 21.0. The normalized spacial score (nSPS) is 15.8. The lowest BCUT2D eigenvalue weighted by Gasteiger charge is -2.30. The maximum absolute atomic E-state index is 3.70. The molecule has 1 aliphatic carbocycles. The Balaban J connectivity index is 2.82. The van der Waals surface area contributed by atoms with Crippen molar-refractivity contribution in [2.75, 3.05) is 0 Å². The summed E-state index contributed by atoms with van der Waals surface area (Å²) in [6, 6.07) is 4.94. The van der Waals surface area contributed by atoms with Gasteiger partial charge in [0.2, 0.25) is 0 Å². The third kappa shape index (κ3) is 4.59. The van der Waals surface area contributed by atoms with Gasteiger partial charge in [0.05, 0.1) is 5.45 Å². The van der Waals surface area contributed by atoms with Gasteiger partial charge in [-0.2, -0.15) is 0 Å². The molecule has 1 aromatic carbocycles. The number of allylic oxidation sites excluding steroid dienone is 1. The molecule has 126 valence electrons. The third-order valence-electron chi connectivity index (χ3n) is 4.48. The van der Waals surface area contributed by atoms with Crippen LogP contribution in [-0.2, 0) is 16.2 Å². The highest BCUT2D eigenvalue weighted by atomic mass is 31.1. The van der Waals surface area contributed by atoms with Gasteiger partial charge in [-0.05, 0) is 34.7 Å². The van der Waals surface area contributed by atoms with E-state index in [0.717, 1.165) is 0 Å². The number of rotatable bonds is 1. The van der Waals surface area contributed by atoms with Crippen LogP contribution in [0.3, 0.4) is 0 Å². The molecule has 0 amide bonds. The summed E-state index contributed by atoms with van der Waals surface area (Å²) in [4.78, 5) is 0. The average molecular weight is 329 g/mol. The molecule has 0 heterocycles. The van der Waals surface area contributed by atoms with Crippen molar-refractivity contribution >= 4 is 19.0 Å². The quantitative estimate of drug-likeness (QED) is 0.554. The second-order valence-electron chi connectivity index (χ2n) is 10.0. The standard InChI is InChI=1S/C22H33P/c1-20(2,3)16-12-17(21(4,5)6)19(23-14-15-10-11-15)18(13-16)22(7,8)9/h12-13H,10-11H2,1-9H3/p+1. The first-order chi connectivity index (χ1) is 10.3. The molecule has 0 aliphatic heterocycles. The summed E-state index contributed by atoms with van der Waals surface area (Å²) in [6.07, 6.45) is 2.53. The van der Waals surface area contributed by atoms with Gasteiger partial charge in [-0.25, -0.2) is 0 Å². The van der Waals surface area contributed by atoms with E-state index in [0.29, 0.717) is 8.20 Å². The van der Waals surface area contributed by atoms with Crippen LogP contribution in [0.25, 0.3) is 0 Å². The number of hydrogen-bond acceptors (Lipinski definition) is 0. The summed E-state index contributed by atoms with van der Waals surface area (Å²) in [5.74, 6) is 0. The third-order valence-corrected chi connectivity index (χ3v) is 5.75. The van der Waals surface area contributed by atoms with Crippen LogP contribution in [0.5, 0.6) is 0 Å². The van der Waals surface area contributed by atoms with Crippen LogP contribution >= 0.6 is 8.20 Å². The van der Waals surface area contributed by atoms with Crippen molar-refractivity contribution in [2.45, 2.75) is 91.4 Å². The van der Waals surface area contributed by atoms with Crippen LogP contribution in [0.15, 0.2) is 17.7 Å². The van der Waals surface area contributed by atoms with E-state index < -0.39 is 0 Å². The summed E-state index contributed by atoms with van der Waals surface area (Å²) in [5.41, 5.74) is 10.2. The van der Waals surface area contributed by atoms with Crippen LogP contribution in [-0.4, -0.2) is 5.45 Å². The van der Waals surface area contributed by atoms with Crippen LogP contribution in [0.1, 0.15) is 91.8 Å². The number of benzene rings is 1. The van der Waals surface area contributed by atoms with Crippen LogP contribution in [0.4, 0.5) is 0 Å². The van der Waals surface area contributed by atoms with Crippen molar-refractivity contribution in [3.63, 3.8) is 0 Å². The summed E-state index contributed by atoms with van der Waals surface area (Å²) < 4.78 is 0. The molecule has 0 spiro atoms. The highest BCUT2D eigenvalue weighted by Gasteiger charge is 2.31. The van der Waals surface area contributed by atoms with Gasteiger partial charge in [0.1, 0.15) is 0 Å². The molecular weight excluding hydrogens is 295 g/mol. The molecule has 1 aliphatic rings. The maximum Gasteiger partial charge on any atom is 0.168 e. The molecule has 0 bridgehead atoms. The number of hydrogen-bond donors (Lipinski definition) is 0. The average Bonchev–Trinajstić information content (AvgIpc) is 3.15. The Morgan fingerprint density at radius 3 is 1.48 bits per heavy atom. The molecule has 1 aromatic rings. The van der Waals surface area contributed by atoms with Gasteiger partial charge in [-0.3, -0.25) is 0 Å². The van der Waals surface area contributed by atoms with Gasteiger partial charge >= 0.3 is 0 Å². The second kappa shape index (κ2) is 5.91. The molecule has 23 heavy (non-hydrogen) atoms. The van der Waals surface area contributed by atoms with E-state index in [-0.39, 0.29) is 16.2 Å². The van der Waals surface area contributed by atoms with Gasteiger partial charge in [-0.1, -0.05) is 74.4 Å². The Kier molecular flexibility index (Phi) is 4.76. The van der Waals surface area contributed by atoms with Crippen molar-refractivity contribution in [1.29, 1.82) is 0 Å². The largest absolute Gasteiger partial charge is 0.168 e. The van der Waals surface area contributed by atoms with Crippen molar-refractivity contribution < 1.29 is 0 Å². The maximum atomic E-state index is 3.70. The molecular formula is C22H34P+. The molecule has 2 rings (SSSR count). The van der Waals surface area contributed by atoms with Crippen molar-refractivity contribution in [3.8, 4) is 0 Å². The highest BCUT2D eigenvalue weighted by Crippen LogP contribution is 2.35. The fourth-order valence-electron chi connectivity index (χ4n) is 2.73. The van der Waals surface area contributed by atoms with Crippen molar-refractivity contribution in [2.24, 2.45) is 0 Å². The molecule has 1 unspecified atom stereocenters. The fourth-order valence-corrected chi connectivity index (χ4v) is 4.45. The van der Waals surface area contributed by atoms with E-state index in [4.69, 9.17) is 0 Å². The fraction of sp³-hybridized carbons (Fsp3) is 0.636. The minimum atomic E-state index is 0.166. The van der Waals surface area contributed by atoms with Crippen LogP contribution in [0, 0.1) is 0 Å². The second-order valence-corrected chi connectivity index (χ2v) is 11.0. The highest BCUT2D eigenvalue weighted by molar-refractivity contribution is 7.47. The molecule has 0 aromatic heterocycles. The molecule has 0 N–H and O–H groups in total. The van der Waals surface area contributed by atoms with Gasteiger partial charge in [0.25, 0.3) is 0 Å². The van der Waals surface area contributed by atoms with E-state index >= 15 is 0 Å². The van der Waals surface area contributed by atoms with Crippen LogP contribution in [0.2, 0.25) is 0 Å². The van der Waals surface area contributed by atoms with Gasteiger partial charge in [0, 0.05) is 16.7 Å². The first-order valence-corrected chi connectivity index (χ1v) is 9.86. The zero-order valence-electron chi connectivity index (χ0n) is 16.6. The predicted molar refractivity (Wildman–Crippen MR) is 108 cm³/mol. The molecule has 0 nitrogen and oxygen atoms in total. The Morgan fingerprint density at radius 2 is 1.17 bits per heavy atom. The van der Waals surface area contributed by atoms with Crippen molar-refractivity contribution in [1.82, 2.24) is 0 Å². The molecule has 1 saturated carbocycles. The predicted octanol–water partition coefficient (Wildman–Crippen LogP) is 6.00. The molecule has 1 heteroatoms. The van der Waals surface area contributed by atoms with E-state index in [1.165, 1.54) is 40.4 Å². The van der Waals surface area contributed by atoms with E-state index in [1.807, 2.05) is 0 Å². The molecule has 1 fully saturated rings. The Hall–Kier alpha value is -0.830. The first kappa shape index (κ1) is 18.5. The summed E-state index contributed by atoms with van der Waals surface area (Å²) in [7, 11) is 0.685. The lowest BCUT2D eigenvalue weighted by molar-refractivity contribution is 0.554. The van der Waals surface area contributed by atoms with Crippen LogP contribution < -0.4 is 5.30 Å². The van der Waals surface area contributed by atoms with Gasteiger partial charge < -0.3 is 0 Å². The SMILES string of the molecule is CC(C)(C)c1cc(C(C)(C)C)c([PH+]=C=C2CC2)c(C(C)(C)C)c1. The van der Waals surface area contributed by atoms with Gasteiger partial charge in [-0.15, -0.1) is 0 Å². The summed E-state index contributed by atoms with van der Waals surface area (Å²) >= 11 is 0. The Morgan fingerprint density at radius 1 is 0.739 bits per heavy atom. The minimum absolute atomic E-state index is 0.166. The minimum Gasteiger partial charge on any atom is -0.0561 e. The topological polar surface area (TPSA) is 0 Å². The van der Waals surface area contributed by atoms with E-state index in [9.17, 15) is 0 Å². The van der Waals surface area contributed by atoms with Crippen molar-refractivity contribution in [3.05, 3.63) is 34.4 Å². The van der Waals surface area contributed by atoms with Gasteiger partial charge in [0.15, 0.2) is 13.5 Å². The van der Waals surface area contributed by atoms with E-state index in [2.05, 4.69) is 79.9 Å². The first-order valence-electron chi connectivity index (χ1n) is 8.86. The molecule has 1 atom stereocenters. The smallest absolute Gasteiger partial charge is 0.0561 e. The molecule has 0 saturated heterocycles. The van der Waals surface area contributed by atoms with E-state index in [1.54, 1.807) is 0 Å². The zero-order chi connectivity index (χ0) is 17.6. The monoisotopic (exact) mass is 329 g/mol. The molecule has 0 radical (unpaired) electrons. The summed E-state index contributed by atoms with van der Waals surface area (Å²) in [5, 5.41) is 1.54. The Labute approximate surface area is 145 Å². The lowest BCUT2D eigenvalue weighted by atomic mass is 9.75. The Bertz CT molecular complexity index is 622.